The van der Waals surface area contributed by atoms with Crippen molar-refractivity contribution in [1.29, 1.82) is 0 Å². The third-order valence-electron chi connectivity index (χ3n) is 3.47. The van der Waals surface area contributed by atoms with Crippen LogP contribution in [0.2, 0.25) is 0 Å². The summed E-state index contributed by atoms with van der Waals surface area (Å²) in [7, 11) is 0. The van der Waals surface area contributed by atoms with Crippen LogP contribution in [0.25, 0.3) is 16.7 Å². The van der Waals surface area contributed by atoms with Gasteiger partial charge in [0.05, 0.1) is 11.1 Å². The Balaban J connectivity index is 2.33. The Hall–Kier alpha value is -2.62. The second kappa shape index (κ2) is 5.40. The smallest absolute Gasteiger partial charge is 0.337 e. The number of imidazole rings is 1. The van der Waals surface area contributed by atoms with Gasteiger partial charge in [-0.05, 0) is 30.7 Å². The van der Waals surface area contributed by atoms with Gasteiger partial charge in [-0.1, -0.05) is 31.2 Å². The molecule has 106 valence electrons. The number of carboxylic acid groups (broad SMARTS) is 1. The summed E-state index contributed by atoms with van der Waals surface area (Å²) in [6, 6.07) is 15.2. The lowest BCUT2D eigenvalue weighted by Gasteiger charge is -2.08. The number of carboxylic acids is 1. The molecule has 1 aromatic heterocycles. The van der Waals surface area contributed by atoms with Crippen LogP contribution in [-0.4, -0.2) is 20.6 Å². The summed E-state index contributed by atoms with van der Waals surface area (Å²) in [5.74, 6) is -0.0474. The SMILES string of the molecule is CCCc1nc2c(C(=O)O)cccc2n1-c1ccccc1. The molecule has 0 aliphatic rings. The number of hydrogen-bond donors (Lipinski definition) is 1. The van der Waals surface area contributed by atoms with Gasteiger partial charge in [0, 0.05) is 12.1 Å². The van der Waals surface area contributed by atoms with E-state index in [1.165, 1.54) is 0 Å². The summed E-state index contributed by atoms with van der Waals surface area (Å²) in [5.41, 5.74) is 2.65. The molecule has 1 heterocycles. The number of para-hydroxylation sites is 2. The zero-order chi connectivity index (χ0) is 14.8. The molecule has 0 aliphatic heterocycles. The summed E-state index contributed by atoms with van der Waals surface area (Å²) < 4.78 is 2.05. The molecule has 0 radical (unpaired) electrons. The quantitative estimate of drug-likeness (QED) is 0.793. The van der Waals surface area contributed by atoms with Crippen LogP contribution in [0.1, 0.15) is 29.5 Å². The highest BCUT2D eigenvalue weighted by Crippen LogP contribution is 2.25. The van der Waals surface area contributed by atoms with Crippen molar-refractivity contribution in [2.24, 2.45) is 0 Å². The summed E-state index contributed by atoms with van der Waals surface area (Å²) in [5, 5.41) is 9.33. The van der Waals surface area contributed by atoms with Gasteiger partial charge in [0.1, 0.15) is 11.3 Å². The summed E-state index contributed by atoms with van der Waals surface area (Å²) in [6.45, 7) is 2.09. The monoisotopic (exact) mass is 280 g/mol. The number of aromatic nitrogens is 2. The Labute approximate surface area is 122 Å². The van der Waals surface area contributed by atoms with E-state index in [1.807, 2.05) is 41.0 Å². The van der Waals surface area contributed by atoms with Gasteiger partial charge in [-0.15, -0.1) is 0 Å². The van der Waals surface area contributed by atoms with E-state index >= 15 is 0 Å². The highest BCUT2D eigenvalue weighted by molar-refractivity contribution is 6.01. The van der Waals surface area contributed by atoms with Crippen LogP contribution in [0.3, 0.4) is 0 Å². The number of aromatic carboxylic acids is 1. The molecule has 3 aromatic rings. The van der Waals surface area contributed by atoms with E-state index < -0.39 is 5.97 Å². The van der Waals surface area contributed by atoms with Gasteiger partial charge in [-0.3, -0.25) is 4.57 Å². The number of nitrogens with zero attached hydrogens (tertiary/aromatic N) is 2. The minimum Gasteiger partial charge on any atom is -0.478 e. The van der Waals surface area contributed by atoms with Gasteiger partial charge in [0.2, 0.25) is 0 Å². The fourth-order valence-corrected chi connectivity index (χ4v) is 2.58. The Bertz CT molecular complexity index is 791. The first-order chi connectivity index (χ1) is 10.2. The third kappa shape index (κ3) is 2.29. The van der Waals surface area contributed by atoms with Gasteiger partial charge < -0.3 is 5.11 Å². The Kier molecular flexibility index (Phi) is 3.44. The Morgan fingerprint density at radius 3 is 2.57 bits per heavy atom. The van der Waals surface area contributed by atoms with Crippen LogP contribution in [0, 0.1) is 0 Å². The molecule has 4 heteroatoms. The Morgan fingerprint density at radius 1 is 1.14 bits per heavy atom. The van der Waals surface area contributed by atoms with E-state index in [-0.39, 0.29) is 5.56 Å². The van der Waals surface area contributed by atoms with Crippen molar-refractivity contribution in [2.75, 3.05) is 0 Å². The average Bonchev–Trinajstić information content (AvgIpc) is 2.86. The average molecular weight is 280 g/mol. The first-order valence-corrected chi connectivity index (χ1v) is 7.01. The van der Waals surface area contributed by atoms with Crippen molar-refractivity contribution in [3.63, 3.8) is 0 Å². The topological polar surface area (TPSA) is 55.1 Å². The molecule has 0 amide bonds. The minimum absolute atomic E-state index is 0.250. The van der Waals surface area contributed by atoms with E-state index in [0.29, 0.717) is 5.52 Å². The normalized spacial score (nSPS) is 10.9. The predicted octanol–water partition coefficient (Wildman–Crippen LogP) is 3.68. The zero-order valence-corrected chi connectivity index (χ0v) is 11.8. The van der Waals surface area contributed by atoms with Gasteiger partial charge >= 0.3 is 5.97 Å². The molecule has 4 nitrogen and oxygen atoms in total. The lowest BCUT2D eigenvalue weighted by atomic mass is 10.2. The molecule has 0 saturated heterocycles. The van der Waals surface area contributed by atoms with Crippen LogP contribution < -0.4 is 0 Å². The maximum Gasteiger partial charge on any atom is 0.337 e. The molecule has 2 aromatic carbocycles. The molecular weight excluding hydrogens is 264 g/mol. The van der Waals surface area contributed by atoms with Gasteiger partial charge in [-0.25, -0.2) is 9.78 Å². The summed E-state index contributed by atoms with van der Waals surface area (Å²) in [6.07, 6.45) is 1.77. The largest absolute Gasteiger partial charge is 0.478 e. The first kappa shape index (κ1) is 13.4. The highest BCUT2D eigenvalue weighted by Gasteiger charge is 2.17. The first-order valence-electron chi connectivity index (χ1n) is 7.01. The van der Waals surface area contributed by atoms with E-state index in [2.05, 4.69) is 11.9 Å². The van der Waals surface area contributed by atoms with Gasteiger partial charge in [-0.2, -0.15) is 0 Å². The fraction of sp³-hybridized carbons (Fsp3) is 0.176. The molecule has 0 spiro atoms. The van der Waals surface area contributed by atoms with Gasteiger partial charge in [0.25, 0.3) is 0 Å². The predicted molar refractivity (Wildman–Crippen MR) is 82.0 cm³/mol. The molecule has 0 fully saturated rings. The third-order valence-corrected chi connectivity index (χ3v) is 3.47. The maximum atomic E-state index is 11.4. The van der Waals surface area contributed by atoms with E-state index in [0.717, 1.165) is 29.9 Å². The maximum absolute atomic E-state index is 11.4. The lowest BCUT2D eigenvalue weighted by molar-refractivity contribution is 0.0699. The molecule has 0 aliphatic carbocycles. The van der Waals surface area contributed by atoms with Crippen LogP contribution >= 0.6 is 0 Å². The van der Waals surface area contributed by atoms with Crippen molar-refractivity contribution < 1.29 is 9.90 Å². The van der Waals surface area contributed by atoms with Crippen LogP contribution in [-0.2, 0) is 6.42 Å². The second-order valence-corrected chi connectivity index (χ2v) is 4.93. The molecule has 21 heavy (non-hydrogen) atoms. The van der Waals surface area contributed by atoms with E-state index in [9.17, 15) is 9.90 Å². The minimum atomic E-state index is -0.943. The van der Waals surface area contributed by atoms with Crippen LogP contribution in [0.5, 0.6) is 0 Å². The molecule has 0 saturated carbocycles. The fourth-order valence-electron chi connectivity index (χ4n) is 2.58. The molecule has 0 atom stereocenters. The van der Waals surface area contributed by atoms with Crippen molar-refractivity contribution in [3.05, 3.63) is 59.9 Å². The zero-order valence-electron chi connectivity index (χ0n) is 11.8. The number of hydrogen-bond acceptors (Lipinski definition) is 2. The number of fused-ring (bicyclic) bond motifs is 1. The van der Waals surface area contributed by atoms with Gasteiger partial charge in [0.15, 0.2) is 0 Å². The number of rotatable bonds is 4. The van der Waals surface area contributed by atoms with Crippen LogP contribution in [0.4, 0.5) is 0 Å². The Morgan fingerprint density at radius 2 is 1.90 bits per heavy atom. The van der Waals surface area contributed by atoms with Crippen molar-refractivity contribution in [3.8, 4) is 5.69 Å². The molecule has 1 N–H and O–H groups in total. The standard InChI is InChI=1S/C17H16N2O2/c1-2-7-15-18-16-13(17(20)21)10-6-11-14(16)19(15)12-8-4-3-5-9-12/h3-6,8-11H,2,7H2,1H3,(H,20,21). The number of benzene rings is 2. The second-order valence-electron chi connectivity index (χ2n) is 4.93. The molecular formula is C17H16N2O2. The lowest BCUT2D eigenvalue weighted by Crippen LogP contribution is -2.00. The molecule has 0 unspecified atom stereocenters. The number of carbonyl (C=O) groups is 1. The molecule has 0 bridgehead atoms. The van der Waals surface area contributed by atoms with Crippen LogP contribution in [0.15, 0.2) is 48.5 Å². The summed E-state index contributed by atoms with van der Waals surface area (Å²) >= 11 is 0. The number of aryl methyl sites for hydroxylation is 1. The molecule has 3 rings (SSSR count). The van der Waals surface area contributed by atoms with Crippen molar-refractivity contribution in [2.45, 2.75) is 19.8 Å². The summed E-state index contributed by atoms with van der Waals surface area (Å²) in [4.78, 5) is 16.0. The van der Waals surface area contributed by atoms with Crippen molar-refractivity contribution >= 4 is 17.0 Å². The highest BCUT2D eigenvalue weighted by atomic mass is 16.4. The van der Waals surface area contributed by atoms with E-state index in [4.69, 9.17) is 0 Å². The van der Waals surface area contributed by atoms with E-state index in [1.54, 1.807) is 12.1 Å². The van der Waals surface area contributed by atoms with Crippen molar-refractivity contribution in [1.82, 2.24) is 9.55 Å².